The Kier molecular flexibility index (Phi) is 3.26. The normalized spacial score (nSPS) is 11.8. The first-order valence-electron chi connectivity index (χ1n) is 5.82. The summed E-state index contributed by atoms with van der Waals surface area (Å²) >= 11 is 0. The van der Waals surface area contributed by atoms with Crippen molar-refractivity contribution in [2.24, 2.45) is 7.05 Å². The molecule has 1 aromatic carbocycles. The zero-order valence-electron chi connectivity index (χ0n) is 10.6. The number of anilines is 1. The first-order chi connectivity index (χ1) is 8.82. The van der Waals surface area contributed by atoms with E-state index in [1.54, 1.807) is 17.9 Å². The van der Waals surface area contributed by atoms with Crippen molar-refractivity contribution in [2.45, 2.75) is 19.5 Å². The van der Waals surface area contributed by atoms with E-state index < -0.39 is 11.7 Å². The summed E-state index contributed by atoms with van der Waals surface area (Å²) < 4.78 is 39.4. The molecule has 0 amide bonds. The molecule has 0 saturated heterocycles. The number of hydrogen-bond donors (Lipinski definition) is 1. The molecular weight excluding hydrogens is 255 g/mol. The maximum absolute atomic E-state index is 12.6. The Morgan fingerprint density at radius 2 is 1.95 bits per heavy atom. The molecule has 0 saturated carbocycles. The van der Waals surface area contributed by atoms with Crippen LogP contribution < -0.4 is 5.73 Å². The molecule has 0 bridgehead atoms. The van der Waals surface area contributed by atoms with Gasteiger partial charge in [-0.3, -0.25) is 4.68 Å². The summed E-state index contributed by atoms with van der Waals surface area (Å²) in [5.74, 6) is 0. The third kappa shape index (κ3) is 2.57. The van der Waals surface area contributed by atoms with Crippen LogP contribution in [0, 0.1) is 0 Å². The highest BCUT2D eigenvalue weighted by Gasteiger charge is 2.31. The van der Waals surface area contributed by atoms with E-state index >= 15 is 0 Å². The van der Waals surface area contributed by atoms with Crippen LogP contribution in [0.2, 0.25) is 0 Å². The molecule has 0 fully saturated rings. The van der Waals surface area contributed by atoms with Gasteiger partial charge >= 0.3 is 6.18 Å². The zero-order chi connectivity index (χ0) is 14.2. The molecule has 0 unspecified atom stereocenters. The molecule has 1 aromatic heterocycles. The molecule has 19 heavy (non-hydrogen) atoms. The number of nitrogen functional groups attached to an aromatic ring is 1. The first-order valence-corrected chi connectivity index (χ1v) is 5.82. The van der Waals surface area contributed by atoms with Crippen LogP contribution in [0.1, 0.15) is 18.2 Å². The number of hydrogen-bond acceptors (Lipinski definition) is 2. The van der Waals surface area contributed by atoms with Crippen LogP contribution in [-0.2, 0) is 19.6 Å². The minimum absolute atomic E-state index is 0.109. The molecule has 0 spiro atoms. The standard InChI is InChI=1S/C13H14F3N3/c1-3-12-10(7-19(2)18-12)9-5-4-8(6-11(9)17)13(14,15)16/h4-7H,3,17H2,1-2H3. The SMILES string of the molecule is CCc1nn(C)cc1-c1ccc(C(F)(F)F)cc1N. The molecule has 0 atom stereocenters. The van der Waals surface area contributed by atoms with Crippen molar-refractivity contribution in [3.63, 3.8) is 0 Å². The Bertz CT molecular complexity index is 600. The van der Waals surface area contributed by atoms with Gasteiger partial charge in [-0.2, -0.15) is 18.3 Å². The van der Waals surface area contributed by atoms with Gasteiger partial charge in [0.2, 0.25) is 0 Å². The largest absolute Gasteiger partial charge is 0.416 e. The van der Waals surface area contributed by atoms with Gasteiger partial charge in [0.15, 0.2) is 0 Å². The summed E-state index contributed by atoms with van der Waals surface area (Å²) in [7, 11) is 1.77. The van der Waals surface area contributed by atoms with Crippen LogP contribution in [0.5, 0.6) is 0 Å². The first kappa shape index (κ1) is 13.5. The number of halogens is 3. The molecule has 0 radical (unpaired) electrons. The van der Waals surface area contributed by atoms with Crippen molar-refractivity contribution < 1.29 is 13.2 Å². The van der Waals surface area contributed by atoms with Crippen molar-refractivity contribution in [2.75, 3.05) is 5.73 Å². The number of nitrogens with two attached hydrogens (primary N) is 1. The monoisotopic (exact) mass is 269 g/mol. The van der Waals surface area contributed by atoms with E-state index in [-0.39, 0.29) is 5.69 Å². The molecule has 3 nitrogen and oxygen atoms in total. The maximum Gasteiger partial charge on any atom is 0.416 e. The van der Waals surface area contributed by atoms with Gasteiger partial charge in [-0.25, -0.2) is 0 Å². The topological polar surface area (TPSA) is 43.8 Å². The third-order valence-corrected chi connectivity index (χ3v) is 2.91. The van der Waals surface area contributed by atoms with Gasteiger partial charge in [0.25, 0.3) is 0 Å². The van der Waals surface area contributed by atoms with Crippen molar-refractivity contribution >= 4 is 5.69 Å². The molecule has 0 aliphatic carbocycles. The number of rotatable bonds is 2. The molecule has 1 heterocycles. The Morgan fingerprint density at radius 1 is 1.26 bits per heavy atom. The summed E-state index contributed by atoms with van der Waals surface area (Å²) in [5.41, 5.74) is 7.28. The quantitative estimate of drug-likeness (QED) is 0.850. The number of benzene rings is 1. The van der Waals surface area contributed by atoms with Crippen LogP contribution in [0.4, 0.5) is 18.9 Å². The van der Waals surface area contributed by atoms with Crippen LogP contribution >= 0.6 is 0 Å². The van der Waals surface area contributed by atoms with Crippen molar-refractivity contribution in [1.82, 2.24) is 9.78 Å². The van der Waals surface area contributed by atoms with E-state index in [4.69, 9.17) is 5.73 Å². The minimum atomic E-state index is -4.38. The predicted molar refractivity (Wildman–Crippen MR) is 67.4 cm³/mol. The second-order valence-corrected chi connectivity index (χ2v) is 4.32. The Balaban J connectivity index is 2.52. The fourth-order valence-corrected chi connectivity index (χ4v) is 2.00. The summed E-state index contributed by atoms with van der Waals surface area (Å²) in [6, 6.07) is 3.40. The Hall–Kier alpha value is -1.98. The van der Waals surface area contributed by atoms with E-state index in [2.05, 4.69) is 5.10 Å². The molecule has 2 N–H and O–H groups in total. The van der Waals surface area contributed by atoms with Crippen LogP contribution in [0.25, 0.3) is 11.1 Å². The van der Waals surface area contributed by atoms with Gasteiger partial charge in [0.1, 0.15) is 0 Å². The lowest BCUT2D eigenvalue weighted by Crippen LogP contribution is -2.06. The lowest BCUT2D eigenvalue weighted by atomic mass is 10.0. The van der Waals surface area contributed by atoms with Crippen LogP contribution in [0.15, 0.2) is 24.4 Å². The third-order valence-electron chi connectivity index (χ3n) is 2.91. The average molecular weight is 269 g/mol. The highest BCUT2D eigenvalue weighted by atomic mass is 19.4. The Labute approximate surface area is 108 Å². The smallest absolute Gasteiger partial charge is 0.398 e. The Morgan fingerprint density at radius 3 is 2.47 bits per heavy atom. The van der Waals surface area contributed by atoms with E-state index in [9.17, 15) is 13.2 Å². The molecule has 0 aliphatic rings. The second-order valence-electron chi connectivity index (χ2n) is 4.32. The lowest BCUT2D eigenvalue weighted by Gasteiger charge is -2.10. The van der Waals surface area contributed by atoms with Gasteiger partial charge in [0.05, 0.1) is 11.3 Å². The van der Waals surface area contributed by atoms with Gasteiger partial charge in [-0.05, 0) is 18.6 Å². The van der Waals surface area contributed by atoms with E-state index in [0.29, 0.717) is 12.0 Å². The number of aryl methyl sites for hydroxylation is 2. The summed E-state index contributed by atoms with van der Waals surface area (Å²) in [6.45, 7) is 1.94. The van der Waals surface area contributed by atoms with Gasteiger partial charge in [-0.15, -0.1) is 0 Å². The minimum Gasteiger partial charge on any atom is -0.398 e. The average Bonchev–Trinajstić information content (AvgIpc) is 2.69. The van der Waals surface area contributed by atoms with Gasteiger partial charge in [0, 0.05) is 30.1 Å². The molecular formula is C13H14F3N3. The number of nitrogens with zero attached hydrogens (tertiary/aromatic N) is 2. The highest BCUT2D eigenvalue weighted by Crippen LogP contribution is 2.35. The zero-order valence-corrected chi connectivity index (χ0v) is 10.6. The van der Waals surface area contributed by atoms with Crippen LogP contribution in [-0.4, -0.2) is 9.78 Å². The van der Waals surface area contributed by atoms with E-state index in [1.807, 2.05) is 6.92 Å². The summed E-state index contributed by atoms with van der Waals surface area (Å²) in [6.07, 6.45) is -1.93. The molecule has 2 rings (SSSR count). The van der Waals surface area contributed by atoms with Crippen molar-refractivity contribution in [1.29, 1.82) is 0 Å². The summed E-state index contributed by atoms with van der Waals surface area (Å²) in [4.78, 5) is 0. The van der Waals surface area contributed by atoms with Crippen molar-refractivity contribution in [3.8, 4) is 11.1 Å². The second kappa shape index (κ2) is 4.60. The molecule has 102 valence electrons. The highest BCUT2D eigenvalue weighted by molar-refractivity contribution is 5.78. The van der Waals surface area contributed by atoms with Crippen molar-refractivity contribution in [3.05, 3.63) is 35.7 Å². The summed E-state index contributed by atoms with van der Waals surface area (Å²) in [5, 5.41) is 4.26. The fraction of sp³-hybridized carbons (Fsp3) is 0.308. The predicted octanol–water partition coefficient (Wildman–Crippen LogP) is 3.25. The van der Waals surface area contributed by atoms with Crippen LogP contribution in [0.3, 0.4) is 0 Å². The van der Waals surface area contributed by atoms with Gasteiger partial charge < -0.3 is 5.73 Å². The number of alkyl halides is 3. The lowest BCUT2D eigenvalue weighted by molar-refractivity contribution is -0.137. The molecule has 2 aromatic rings. The van der Waals surface area contributed by atoms with E-state index in [1.165, 1.54) is 6.07 Å². The molecule has 0 aliphatic heterocycles. The number of aromatic nitrogens is 2. The maximum atomic E-state index is 12.6. The van der Waals surface area contributed by atoms with E-state index in [0.717, 1.165) is 23.4 Å². The van der Waals surface area contributed by atoms with Gasteiger partial charge in [-0.1, -0.05) is 13.0 Å². The molecule has 6 heteroatoms. The fourth-order valence-electron chi connectivity index (χ4n) is 2.00.